The Bertz CT molecular complexity index is 404. The van der Waals surface area contributed by atoms with Gasteiger partial charge in [-0.05, 0) is 30.4 Å². The summed E-state index contributed by atoms with van der Waals surface area (Å²) in [5.41, 5.74) is 13.3. The van der Waals surface area contributed by atoms with E-state index in [0.717, 1.165) is 17.7 Å². The molecule has 1 aromatic carbocycles. The summed E-state index contributed by atoms with van der Waals surface area (Å²) in [5, 5.41) is 2.98. The molecule has 0 saturated heterocycles. The Hall–Kier alpha value is -1.55. The zero-order valence-electron chi connectivity index (χ0n) is 11.9. The van der Waals surface area contributed by atoms with Crippen LogP contribution >= 0.6 is 0 Å². The fourth-order valence-corrected chi connectivity index (χ4v) is 2.09. The summed E-state index contributed by atoms with van der Waals surface area (Å²) in [6.45, 7) is 4.73. The molecule has 0 radical (unpaired) electrons. The van der Waals surface area contributed by atoms with Crippen molar-refractivity contribution in [3.05, 3.63) is 29.8 Å². The number of aryl methyl sites for hydroxylation is 1. The van der Waals surface area contributed by atoms with Gasteiger partial charge >= 0.3 is 0 Å². The first kappa shape index (κ1) is 15.5. The number of amides is 1. The van der Waals surface area contributed by atoms with Gasteiger partial charge in [-0.3, -0.25) is 4.79 Å². The van der Waals surface area contributed by atoms with E-state index in [0.29, 0.717) is 25.3 Å². The molecule has 4 nitrogen and oxygen atoms in total. The number of nitrogen functional groups attached to an aromatic ring is 1. The summed E-state index contributed by atoms with van der Waals surface area (Å²) >= 11 is 0. The van der Waals surface area contributed by atoms with Crippen LogP contribution in [0.15, 0.2) is 24.3 Å². The third kappa shape index (κ3) is 5.75. The fraction of sp³-hybridized carbons (Fsp3) is 0.533. The molecule has 19 heavy (non-hydrogen) atoms. The Morgan fingerprint density at radius 1 is 1.32 bits per heavy atom. The molecule has 0 bridgehead atoms. The summed E-state index contributed by atoms with van der Waals surface area (Å²) < 4.78 is 0. The number of benzene rings is 1. The van der Waals surface area contributed by atoms with E-state index >= 15 is 0 Å². The van der Waals surface area contributed by atoms with Crippen molar-refractivity contribution in [1.29, 1.82) is 0 Å². The third-order valence-electron chi connectivity index (χ3n) is 3.08. The van der Waals surface area contributed by atoms with E-state index in [1.807, 2.05) is 24.3 Å². The van der Waals surface area contributed by atoms with Crippen molar-refractivity contribution in [3.8, 4) is 0 Å². The largest absolute Gasteiger partial charge is 0.399 e. The first-order valence-electron chi connectivity index (χ1n) is 6.85. The molecule has 0 aliphatic heterocycles. The van der Waals surface area contributed by atoms with Gasteiger partial charge in [-0.25, -0.2) is 0 Å². The SMILES string of the molecule is CC(C)CC(CN)NC(=O)CCc1ccccc1N. The molecule has 0 spiro atoms. The van der Waals surface area contributed by atoms with Crippen LogP contribution in [0.5, 0.6) is 0 Å². The topological polar surface area (TPSA) is 81.1 Å². The quantitative estimate of drug-likeness (QED) is 0.655. The van der Waals surface area contributed by atoms with E-state index in [1.54, 1.807) is 0 Å². The van der Waals surface area contributed by atoms with Crippen molar-refractivity contribution in [2.24, 2.45) is 11.7 Å². The predicted octanol–water partition coefficient (Wildman–Crippen LogP) is 1.69. The minimum absolute atomic E-state index is 0.0411. The maximum atomic E-state index is 11.9. The molecular formula is C15H25N3O. The molecule has 1 unspecified atom stereocenters. The maximum Gasteiger partial charge on any atom is 0.220 e. The molecule has 5 N–H and O–H groups in total. The van der Waals surface area contributed by atoms with E-state index < -0.39 is 0 Å². The fourth-order valence-electron chi connectivity index (χ4n) is 2.09. The molecular weight excluding hydrogens is 238 g/mol. The lowest BCUT2D eigenvalue weighted by molar-refractivity contribution is -0.121. The highest BCUT2D eigenvalue weighted by molar-refractivity contribution is 5.76. The lowest BCUT2D eigenvalue weighted by atomic mass is 10.0. The van der Waals surface area contributed by atoms with Crippen LogP contribution in [0.3, 0.4) is 0 Å². The summed E-state index contributed by atoms with van der Waals surface area (Å²) in [6, 6.07) is 7.71. The Labute approximate surface area is 115 Å². The second-order valence-corrected chi connectivity index (χ2v) is 5.33. The molecule has 0 heterocycles. The Morgan fingerprint density at radius 3 is 2.58 bits per heavy atom. The lowest BCUT2D eigenvalue weighted by Gasteiger charge is -2.18. The number of nitrogens with one attached hydrogen (secondary N) is 1. The van der Waals surface area contributed by atoms with Gasteiger partial charge in [0.1, 0.15) is 0 Å². The average Bonchev–Trinajstić information content (AvgIpc) is 2.36. The normalized spacial score (nSPS) is 12.4. The molecule has 106 valence electrons. The number of hydrogen-bond donors (Lipinski definition) is 3. The van der Waals surface area contributed by atoms with Crippen LogP contribution in [0.4, 0.5) is 5.69 Å². The molecule has 1 rings (SSSR count). The maximum absolute atomic E-state index is 11.9. The second kappa shape index (κ2) is 7.79. The summed E-state index contributed by atoms with van der Waals surface area (Å²) in [4.78, 5) is 11.9. The molecule has 4 heteroatoms. The van der Waals surface area contributed by atoms with Crippen molar-refractivity contribution in [2.75, 3.05) is 12.3 Å². The van der Waals surface area contributed by atoms with Crippen molar-refractivity contribution < 1.29 is 4.79 Å². The van der Waals surface area contributed by atoms with Crippen molar-refractivity contribution >= 4 is 11.6 Å². The molecule has 0 aliphatic carbocycles. The zero-order valence-corrected chi connectivity index (χ0v) is 11.9. The number of carbonyl (C=O) groups excluding carboxylic acids is 1. The van der Waals surface area contributed by atoms with Crippen molar-refractivity contribution in [3.63, 3.8) is 0 Å². The summed E-state index contributed by atoms with van der Waals surface area (Å²) in [6.07, 6.45) is 2.02. The number of carbonyl (C=O) groups is 1. The highest BCUT2D eigenvalue weighted by atomic mass is 16.1. The van der Waals surface area contributed by atoms with Gasteiger partial charge in [-0.2, -0.15) is 0 Å². The van der Waals surface area contributed by atoms with Gasteiger partial charge in [0.15, 0.2) is 0 Å². The number of rotatable bonds is 7. The Kier molecular flexibility index (Phi) is 6.36. The van der Waals surface area contributed by atoms with Gasteiger partial charge in [0, 0.05) is 24.7 Å². The van der Waals surface area contributed by atoms with Crippen LogP contribution in [-0.4, -0.2) is 18.5 Å². The van der Waals surface area contributed by atoms with E-state index in [1.165, 1.54) is 0 Å². The molecule has 1 aromatic rings. The molecule has 0 fully saturated rings. The molecule has 0 aliphatic rings. The van der Waals surface area contributed by atoms with E-state index in [2.05, 4.69) is 19.2 Å². The monoisotopic (exact) mass is 263 g/mol. The van der Waals surface area contributed by atoms with Crippen LogP contribution < -0.4 is 16.8 Å². The minimum Gasteiger partial charge on any atom is -0.399 e. The Balaban J connectivity index is 2.41. The Morgan fingerprint density at radius 2 is 2.00 bits per heavy atom. The molecule has 0 aromatic heterocycles. The number of hydrogen-bond acceptors (Lipinski definition) is 3. The van der Waals surface area contributed by atoms with Crippen LogP contribution in [0, 0.1) is 5.92 Å². The smallest absolute Gasteiger partial charge is 0.220 e. The summed E-state index contributed by atoms with van der Waals surface area (Å²) in [7, 11) is 0. The highest BCUT2D eigenvalue weighted by Crippen LogP contribution is 2.12. The van der Waals surface area contributed by atoms with Crippen LogP contribution in [0.1, 0.15) is 32.3 Å². The van der Waals surface area contributed by atoms with Gasteiger partial charge < -0.3 is 16.8 Å². The van der Waals surface area contributed by atoms with E-state index in [-0.39, 0.29) is 11.9 Å². The highest BCUT2D eigenvalue weighted by Gasteiger charge is 2.12. The average molecular weight is 263 g/mol. The standard InChI is InChI=1S/C15H25N3O/c1-11(2)9-13(10-16)18-15(19)8-7-12-5-3-4-6-14(12)17/h3-6,11,13H,7-10,16-17H2,1-2H3,(H,18,19). The van der Waals surface area contributed by atoms with E-state index in [4.69, 9.17) is 11.5 Å². The predicted molar refractivity (Wildman–Crippen MR) is 79.6 cm³/mol. The first-order valence-corrected chi connectivity index (χ1v) is 6.85. The van der Waals surface area contributed by atoms with Gasteiger partial charge in [-0.15, -0.1) is 0 Å². The minimum atomic E-state index is 0.0411. The first-order chi connectivity index (χ1) is 9.02. The van der Waals surface area contributed by atoms with Gasteiger partial charge in [0.05, 0.1) is 0 Å². The van der Waals surface area contributed by atoms with Crippen LogP contribution in [0.25, 0.3) is 0 Å². The third-order valence-corrected chi connectivity index (χ3v) is 3.08. The van der Waals surface area contributed by atoms with Gasteiger partial charge in [-0.1, -0.05) is 32.0 Å². The van der Waals surface area contributed by atoms with Crippen LogP contribution in [0.2, 0.25) is 0 Å². The van der Waals surface area contributed by atoms with Gasteiger partial charge in [0.25, 0.3) is 0 Å². The number of anilines is 1. The molecule has 1 amide bonds. The molecule has 0 saturated carbocycles. The van der Waals surface area contributed by atoms with E-state index in [9.17, 15) is 4.79 Å². The molecule has 1 atom stereocenters. The summed E-state index contributed by atoms with van der Waals surface area (Å²) in [5.74, 6) is 0.568. The second-order valence-electron chi connectivity index (χ2n) is 5.33. The lowest BCUT2D eigenvalue weighted by Crippen LogP contribution is -2.41. The van der Waals surface area contributed by atoms with Crippen molar-refractivity contribution in [1.82, 2.24) is 5.32 Å². The zero-order chi connectivity index (χ0) is 14.3. The van der Waals surface area contributed by atoms with Crippen LogP contribution in [-0.2, 0) is 11.2 Å². The number of para-hydroxylation sites is 1. The number of nitrogens with two attached hydrogens (primary N) is 2. The van der Waals surface area contributed by atoms with Gasteiger partial charge in [0.2, 0.25) is 5.91 Å². The van der Waals surface area contributed by atoms with Crippen molar-refractivity contribution in [2.45, 2.75) is 39.2 Å².